The maximum absolute atomic E-state index is 9.78. The van der Waals surface area contributed by atoms with Crippen LogP contribution in [0.3, 0.4) is 0 Å². The first kappa shape index (κ1) is 6.72. The molecule has 2 nitrogen and oxygen atoms in total. The first-order chi connectivity index (χ1) is 3.18. The molecule has 7 heavy (non-hydrogen) atoms. The van der Waals surface area contributed by atoms with E-state index in [4.69, 9.17) is 16.2 Å². The Morgan fingerprint density at radius 1 is 1.86 bits per heavy atom. The summed E-state index contributed by atoms with van der Waals surface area (Å²) in [7, 11) is -1.03. The molecular formula is C3H5ClO2Si. The van der Waals surface area contributed by atoms with Crippen LogP contribution in [0.15, 0.2) is 11.8 Å². The maximum atomic E-state index is 9.78. The van der Waals surface area contributed by atoms with Gasteiger partial charge in [-0.2, -0.15) is 11.1 Å². The largest absolute Gasteiger partial charge is 0.478 e. The zero-order valence-electron chi connectivity index (χ0n) is 3.65. The highest BCUT2D eigenvalue weighted by Crippen LogP contribution is 1.87. The molecule has 0 heterocycles. The molecule has 0 amide bonds. The fraction of sp³-hybridized carbons (Fsp3) is 0. The van der Waals surface area contributed by atoms with Crippen LogP contribution in [0, 0.1) is 0 Å². The molecule has 1 N–H and O–H groups in total. The lowest BCUT2D eigenvalue weighted by Gasteiger charge is -1.85. The molecule has 0 spiro atoms. The molecular weight excluding hydrogens is 132 g/mol. The minimum Gasteiger partial charge on any atom is -0.478 e. The monoisotopic (exact) mass is 136 g/mol. The van der Waals surface area contributed by atoms with Gasteiger partial charge in [0.15, 0.2) is 8.83 Å². The minimum atomic E-state index is -1.03. The average molecular weight is 137 g/mol. The summed E-state index contributed by atoms with van der Waals surface area (Å²) in [6.07, 6.45) is 0. The molecule has 0 aliphatic carbocycles. The molecule has 0 aliphatic rings. The van der Waals surface area contributed by atoms with E-state index in [1.807, 2.05) is 0 Å². The van der Waals surface area contributed by atoms with Crippen molar-refractivity contribution < 1.29 is 9.90 Å². The summed E-state index contributed by atoms with van der Waals surface area (Å²) in [5.74, 6) is -0.971. The van der Waals surface area contributed by atoms with Crippen molar-refractivity contribution in [2.45, 2.75) is 0 Å². The predicted octanol–water partition coefficient (Wildman–Crippen LogP) is -0.0927. The molecule has 0 saturated carbocycles. The van der Waals surface area contributed by atoms with Crippen molar-refractivity contribution in [3.05, 3.63) is 11.8 Å². The number of rotatable bonds is 2. The number of carboxylic acids is 1. The third-order valence-corrected chi connectivity index (χ3v) is 2.06. The summed E-state index contributed by atoms with van der Waals surface area (Å²) in [5.41, 5.74) is 0. The highest BCUT2D eigenvalue weighted by Gasteiger charge is 1.99. The van der Waals surface area contributed by atoms with Gasteiger partial charge in [0.05, 0.1) is 0 Å². The van der Waals surface area contributed by atoms with Crippen LogP contribution in [-0.2, 0) is 4.79 Å². The van der Waals surface area contributed by atoms with Crippen LogP contribution in [-0.4, -0.2) is 19.9 Å². The van der Waals surface area contributed by atoms with Crippen molar-refractivity contribution >= 4 is 25.9 Å². The van der Waals surface area contributed by atoms with Crippen LogP contribution in [0.4, 0.5) is 0 Å². The Bertz CT molecular complexity index is 101. The maximum Gasteiger partial charge on any atom is 0.327 e. The van der Waals surface area contributed by atoms with E-state index in [-0.39, 0.29) is 5.20 Å². The van der Waals surface area contributed by atoms with E-state index >= 15 is 0 Å². The first-order valence-corrected chi connectivity index (χ1v) is 4.50. The van der Waals surface area contributed by atoms with E-state index in [1.54, 1.807) is 0 Å². The first-order valence-electron chi connectivity index (χ1n) is 1.65. The summed E-state index contributed by atoms with van der Waals surface area (Å²) in [5, 5.41) is 8.20. The Morgan fingerprint density at radius 2 is 2.29 bits per heavy atom. The molecule has 0 aromatic rings. The van der Waals surface area contributed by atoms with Crippen molar-refractivity contribution in [2.24, 2.45) is 0 Å². The molecule has 0 saturated heterocycles. The molecule has 0 atom stereocenters. The lowest BCUT2D eigenvalue weighted by atomic mass is 10.7. The van der Waals surface area contributed by atoms with Gasteiger partial charge in [-0.1, -0.05) is 6.58 Å². The fourth-order valence-corrected chi connectivity index (χ4v) is 0.514. The number of hydrogen-bond donors (Lipinski definition) is 1. The Labute approximate surface area is 48.3 Å². The number of aliphatic carboxylic acids is 1. The molecule has 0 radical (unpaired) electrons. The minimum absolute atomic E-state index is 0.168. The van der Waals surface area contributed by atoms with E-state index in [0.717, 1.165) is 0 Å². The second kappa shape index (κ2) is 2.82. The molecule has 40 valence electrons. The van der Waals surface area contributed by atoms with Gasteiger partial charge in [-0.25, -0.2) is 4.79 Å². The zero-order chi connectivity index (χ0) is 5.86. The smallest absolute Gasteiger partial charge is 0.327 e. The van der Waals surface area contributed by atoms with E-state index < -0.39 is 14.8 Å². The van der Waals surface area contributed by atoms with Crippen LogP contribution >= 0.6 is 11.1 Å². The average Bonchev–Trinajstić information content (AvgIpc) is 1.65. The van der Waals surface area contributed by atoms with Crippen molar-refractivity contribution in [3.8, 4) is 0 Å². The van der Waals surface area contributed by atoms with Gasteiger partial charge < -0.3 is 5.11 Å². The molecule has 0 fully saturated rings. The molecule has 0 bridgehead atoms. The molecule has 0 rings (SSSR count). The van der Waals surface area contributed by atoms with Crippen LogP contribution < -0.4 is 0 Å². The van der Waals surface area contributed by atoms with Crippen LogP contribution in [0.1, 0.15) is 0 Å². The summed E-state index contributed by atoms with van der Waals surface area (Å²) < 4.78 is 0. The molecule has 0 unspecified atom stereocenters. The Kier molecular flexibility index (Phi) is 2.71. The van der Waals surface area contributed by atoms with Crippen LogP contribution in [0.5, 0.6) is 0 Å². The second-order valence-electron chi connectivity index (χ2n) is 1.04. The number of hydrogen-bond acceptors (Lipinski definition) is 1. The highest BCUT2D eigenvalue weighted by molar-refractivity contribution is 6.99. The lowest BCUT2D eigenvalue weighted by molar-refractivity contribution is -0.131. The Morgan fingerprint density at radius 3 is 2.29 bits per heavy atom. The fourth-order valence-electron chi connectivity index (χ4n) is 0.0572. The number of halogens is 1. The molecule has 0 aromatic carbocycles. The Balaban J connectivity index is 3.58. The van der Waals surface area contributed by atoms with Gasteiger partial charge in [0.1, 0.15) is 0 Å². The van der Waals surface area contributed by atoms with Gasteiger partial charge in [0, 0.05) is 5.20 Å². The van der Waals surface area contributed by atoms with E-state index in [0.29, 0.717) is 0 Å². The van der Waals surface area contributed by atoms with Crippen molar-refractivity contribution in [3.63, 3.8) is 0 Å². The van der Waals surface area contributed by atoms with E-state index in [1.165, 1.54) is 0 Å². The second-order valence-corrected chi connectivity index (χ2v) is 2.96. The lowest BCUT2D eigenvalue weighted by Crippen LogP contribution is -2.01. The predicted molar refractivity (Wildman–Crippen MR) is 31.2 cm³/mol. The van der Waals surface area contributed by atoms with Gasteiger partial charge in [-0.05, 0) is 0 Å². The molecule has 0 aromatic heterocycles. The summed E-state index contributed by atoms with van der Waals surface area (Å²) in [4.78, 5) is 9.78. The van der Waals surface area contributed by atoms with Crippen LogP contribution in [0.25, 0.3) is 0 Å². The number of carbonyl (C=O) groups is 1. The number of carboxylic acid groups (broad SMARTS) is 1. The Hall–Kier alpha value is -0.283. The molecule has 4 heteroatoms. The topological polar surface area (TPSA) is 37.3 Å². The van der Waals surface area contributed by atoms with Gasteiger partial charge in [0.2, 0.25) is 0 Å². The molecule has 0 aliphatic heterocycles. The van der Waals surface area contributed by atoms with Crippen LogP contribution in [0.2, 0.25) is 0 Å². The quantitative estimate of drug-likeness (QED) is 0.327. The van der Waals surface area contributed by atoms with Gasteiger partial charge >= 0.3 is 5.97 Å². The summed E-state index contributed by atoms with van der Waals surface area (Å²) in [6, 6.07) is 0. The van der Waals surface area contributed by atoms with E-state index in [9.17, 15) is 4.79 Å². The SMILES string of the molecule is C=C([SiH2]Cl)C(=O)O. The van der Waals surface area contributed by atoms with Gasteiger partial charge in [0.25, 0.3) is 0 Å². The third kappa shape index (κ3) is 2.42. The standard InChI is InChI=1S/C3H5ClO2Si/c1-2(7-4)3(5)6/h1,7H2,(H,5,6). The highest BCUT2D eigenvalue weighted by atomic mass is 35.6. The zero-order valence-corrected chi connectivity index (χ0v) is 5.82. The van der Waals surface area contributed by atoms with Crippen molar-refractivity contribution in [2.75, 3.05) is 0 Å². The van der Waals surface area contributed by atoms with Crippen molar-refractivity contribution in [1.29, 1.82) is 0 Å². The third-order valence-electron chi connectivity index (χ3n) is 0.464. The van der Waals surface area contributed by atoms with Gasteiger partial charge in [-0.15, -0.1) is 0 Å². The van der Waals surface area contributed by atoms with Crippen molar-refractivity contribution in [1.82, 2.24) is 0 Å². The van der Waals surface area contributed by atoms with Gasteiger partial charge in [-0.3, -0.25) is 0 Å². The summed E-state index contributed by atoms with van der Waals surface area (Å²) in [6.45, 7) is 3.20. The van der Waals surface area contributed by atoms with E-state index in [2.05, 4.69) is 6.58 Å². The summed E-state index contributed by atoms with van der Waals surface area (Å²) >= 11 is 5.21. The normalized spacial score (nSPS) is 9.86.